The number of urea groups is 1. The van der Waals surface area contributed by atoms with E-state index in [4.69, 9.17) is 5.73 Å². The molecule has 0 unspecified atom stereocenters. The van der Waals surface area contributed by atoms with Crippen LogP contribution in [0.4, 0.5) is 10.5 Å². The Labute approximate surface area is 123 Å². The summed E-state index contributed by atoms with van der Waals surface area (Å²) in [4.78, 5) is 23.8. The van der Waals surface area contributed by atoms with E-state index in [1.807, 2.05) is 41.2 Å². The van der Waals surface area contributed by atoms with Crippen molar-refractivity contribution < 1.29 is 9.59 Å². The van der Waals surface area contributed by atoms with Crippen molar-refractivity contribution in [1.82, 2.24) is 9.47 Å². The minimum Gasteiger partial charge on any atom is -0.330 e. The fraction of sp³-hybridized carbons (Fsp3) is 0.200. The molecule has 110 valence electrons. The average Bonchev–Trinajstić information content (AvgIpc) is 3.03. The summed E-state index contributed by atoms with van der Waals surface area (Å²) >= 11 is 0. The van der Waals surface area contributed by atoms with E-state index in [2.05, 4.69) is 5.32 Å². The third-order valence-corrected chi connectivity index (χ3v) is 3.01. The third-order valence-electron chi connectivity index (χ3n) is 3.01. The van der Waals surface area contributed by atoms with Crippen LogP contribution in [-0.2, 0) is 4.79 Å². The van der Waals surface area contributed by atoms with E-state index < -0.39 is 6.03 Å². The van der Waals surface area contributed by atoms with E-state index in [1.165, 1.54) is 0 Å². The van der Waals surface area contributed by atoms with Crippen molar-refractivity contribution in [3.8, 4) is 5.69 Å². The minimum atomic E-state index is -0.452. The molecule has 0 saturated carbocycles. The smallest absolute Gasteiger partial charge is 0.328 e. The van der Waals surface area contributed by atoms with Crippen LogP contribution in [0.1, 0.15) is 6.42 Å². The maximum atomic E-state index is 11.9. The van der Waals surface area contributed by atoms with E-state index in [1.54, 1.807) is 12.1 Å². The van der Waals surface area contributed by atoms with Gasteiger partial charge in [0, 0.05) is 30.3 Å². The van der Waals surface area contributed by atoms with E-state index in [0.29, 0.717) is 31.6 Å². The molecular formula is C15H18N4O2. The molecule has 2 rings (SSSR count). The molecule has 0 spiro atoms. The monoisotopic (exact) mass is 286 g/mol. The summed E-state index contributed by atoms with van der Waals surface area (Å²) in [6, 6.07) is 10.8. The first-order chi connectivity index (χ1) is 10.2. The summed E-state index contributed by atoms with van der Waals surface area (Å²) < 4.78 is 1.96. The SMILES string of the molecule is NCCCN(C=O)C(=O)Nc1ccc(-n2cccc2)cc1. The molecule has 1 heterocycles. The van der Waals surface area contributed by atoms with Crippen molar-refractivity contribution in [1.29, 1.82) is 0 Å². The molecule has 3 N–H and O–H groups in total. The Balaban J connectivity index is 1.99. The Bertz CT molecular complexity index is 578. The highest BCUT2D eigenvalue weighted by molar-refractivity contribution is 5.95. The van der Waals surface area contributed by atoms with Crippen molar-refractivity contribution in [3.05, 3.63) is 48.8 Å². The summed E-state index contributed by atoms with van der Waals surface area (Å²) in [5.41, 5.74) is 7.00. The van der Waals surface area contributed by atoms with E-state index in [9.17, 15) is 9.59 Å². The topological polar surface area (TPSA) is 80.4 Å². The Kier molecular flexibility index (Phi) is 5.11. The lowest BCUT2D eigenvalue weighted by Gasteiger charge is -2.16. The summed E-state index contributed by atoms with van der Waals surface area (Å²) in [5, 5.41) is 2.68. The molecule has 21 heavy (non-hydrogen) atoms. The van der Waals surface area contributed by atoms with Crippen LogP contribution in [0.3, 0.4) is 0 Å². The Hall–Kier alpha value is -2.60. The van der Waals surface area contributed by atoms with E-state index in [0.717, 1.165) is 10.6 Å². The summed E-state index contributed by atoms with van der Waals surface area (Å²) in [7, 11) is 0. The van der Waals surface area contributed by atoms with Gasteiger partial charge in [-0.25, -0.2) is 4.79 Å². The van der Waals surface area contributed by atoms with Gasteiger partial charge in [-0.05, 0) is 49.4 Å². The highest BCUT2D eigenvalue weighted by Crippen LogP contribution is 2.14. The van der Waals surface area contributed by atoms with Gasteiger partial charge in [-0.15, -0.1) is 0 Å². The number of aromatic nitrogens is 1. The van der Waals surface area contributed by atoms with Crippen LogP contribution >= 0.6 is 0 Å². The predicted molar refractivity (Wildman–Crippen MR) is 81.2 cm³/mol. The van der Waals surface area contributed by atoms with Gasteiger partial charge in [0.15, 0.2) is 0 Å². The molecule has 0 aliphatic carbocycles. The number of carbonyl (C=O) groups is 2. The number of nitrogens with zero attached hydrogens (tertiary/aromatic N) is 2. The number of hydrogen-bond donors (Lipinski definition) is 2. The third kappa shape index (κ3) is 3.93. The van der Waals surface area contributed by atoms with Gasteiger partial charge in [0.1, 0.15) is 0 Å². The van der Waals surface area contributed by atoms with Gasteiger partial charge >= 0.3 is 6.03 Å². The van der Waals surface area contributed by atoms with E-state index in [-0.39, 0.29) is 0 Å². The van der Waals surface area contributed by atoms with Gasteiger partial charge in [0.25, 0.3) is 0 Å². The first kappa shape index (κ1) is 14.8. The molecule has 1 aromatic carbocycles. The van der Waals surface area contributed by atoms with Crippen molar-refractivity contribution in [3.63, 3.8) is 0 Å². The van der Waals surface area contributed by atoms with E-state index >= 15 is 0 Å². The molecule has 3 amide bonds. The predicted octanol–water partition coefficient (Wildman–Crippen LogP) is 1.82. The fourth-order valence-corrected chi connectivity index (χ4v) is 1.88. The van der Waals surface area contributed by atoms with Gasteiger partial charge < -0.3 is 15.6 Å². The van der Waals surface area contributed by atoms with Crippen LogP contribution in [0.2, 0.25) is 0 Å². The number of nitrogens with one attached hydrogen (secondary N) is 1. The average molecular weight is 286 g/mol. The molecule has 1 aromatic heterocycles. The quantitative estimate of drug-likeness (QED) is 0.795. The van der Waals surface area contributed by atoms with Crippen molar-refractivity contribution >= 4 is 18.1 Å². The zero-order chi connectivity index (χ0) is 15.1. The zero-order valence-corrected chi connectivity index (χ0v) is 11.6. The second kappa shape index (κ2) is 7.25. The Morgan fingerprint density at radius 2 is 1.90 bits per heavy atom. The molecule has 0 aliphatic heterocycles. The van der Waals surface area contributed by atoms with Crippen molar-refractivity contribution in [2.24, 2.45) is 5.73 Å². The molecule has 6 heteroatoms. The molecular weight excluding hydrogens is 268 g/mol. The van der Waals surface area contributed by atoms with Crippen LogP contribution in [-0.4, -0.2) is 35.0 Å². The fourth-order valence-electron chi connectivity index (χ4n) is 1.88. The van der Waals surface area contributed by atoms with Crippen molar-refractivity contribution in [2.75, 3.05) is 18.4 Å². The number of nitrogens with two attached hydrogens (primary N) is 1. The second-order valence-corrected chi connectivity index (χ2v) is 4.51. The number of hydrogen-bond acceptors (Lipinski definition) is 3. The molecule has 0 fully saturated rings. The molecule has 0 saturated heterocycles. The summed E-state index contributed by atoms with van der Waals surface area (Å²) in [6.07, 6.45) is 4.97. The summed E-state index contributed by atoms with van der Waals surface area (Å²) in [6.45, 7) is 0.746. The van der Waals surface area contributed by atoms with Crippen LogP contribution in [0.5, 0.6) is 0 Å². The normalized spacial score (nSPS) is 10.1. The maximum Gasteiger partial charge on any atom is 0.328 e. The van der Waals surface area contributed by atoms with Crippen LogP contribution in [0, 0.1) is 0 Å². The largest absolute Gasteiger partial charge is 0.330 e. The number of rotatable bonds is 6. The number of amides is 3. The molecule has 0 radical (unpaired) electrons. The van der Waals surface area contributed by atoms with Gasteiger partial charge in [-0.2, -0.15) is 0 Å². The summed E-state index contributed by atoms with van der Waals surface area (Å²) in [5.74, 6) is 0. The second-order valence-electron chi connectivity index (χ2n) is 4.51. The molecule has 0 atom stereocenters. The van der Waals surface area contributed by atoms with Gasteiger partial charge in [0.05, 0.1) is 0 Å². The molecule has 0 aliphatic rings. The lowest BCUT2D eigenvalue weighted by Crippen LogP contribution is -2.35. The van der Waals surface area contributed by atoms with Crippen LogP contribution in [0.15, 0.2) is 48.8 Å². The standard InChI is InChI=1S/C15H18N4O2/c16-8-3-11-19(12-20)15(21)17-13-4-6-14(7-5-13)18-9-1-2-10-18/h1-2,4-7,9-10,12H,3,8,11,16H2,(H,17,21). The number of anilines is 1. The van der Waals surface area contributed by atoms with Gasteiger partial charge in [-0.1, -0.05) is 0 Å². The molecule has 2 aromatic rings. The first-order valence-electron chi connectivity index (χ1n) is 6.71. The lowest BCUT2D eigenvalue weighted by atomic mass is 10.3. The molecule has 6 nitrogen and oxygen atoms in total. The lowest BCUT2D eigenvalue weighted by molar-refractivity contribution is -0.115. The van der Waals surface area contributed by atoms with Crippen LogP contribution < -0.4 is 11.1 Å². The van der Waals surface area contributed by atoms with Crippen LogP contribution in [0.25, 0.3) is 5.69 Å². The highest BCUT2D eigenvalue weighted by Gasteiger charge is 2.11. The highest BCUT2D eigenvalue weighted by atomic mass is 16.2. The van der Waals surface area contributed by atoms with Crippen molar-refractivity contribution in [2.45, 2.75) is 6.42 Å². The Morgan fingerprint density at radius 3 is 2.48 bits per heavy atom. The number of carbonyl (C=O) groups excluding carboxylic acids is 2. The zero-order valence-electron chi connectivity index (χ0n) is 11.6. The molecule has 0 bridgehead atoms. The first-order valence-corrected chi connectivity index (χ1v) is 6.71. The number of benzene rings is 1. The van der Waals surface area contributed by atoms with Gasteiger partial charge in [0.2, 0.25) is 6.41 Å². The van der Waals surface area contributed by atoms with Gasteiger partial charge in [-0.3, -0.25) is 9.69 Å². The Morgan fingerprint density at radius 1 is 1.24 bits per heavy atom. The number of imide groups is 1. The minimum absolute atomic E-state index is 0.313. The maximum absolute atomic E-state index is 11.9.